The van der Waals surface area contributed by atoms with Crippen LogP contribution in [0.2, 0.25) is 0 Å². The van der Waals surface area contributed by atoms with Crippen LogP contribution in [0.15, 0.2) is 48.1 Å². The van der Waals surface area contributed by atoms with E-state index in [2.05, 4.69) is 10.3 Å². The van der Waals surface area contributed by atoms with Crippen LogP contribution in [0.3, 0.4) is 0 Å². The predicted molar refractivity (Wildman–Crippen MR) is 124 cm³/mol. The fourth-order valence-electron chi connectivity index (χ4n) is 3.07. The molecule has 1 aromatic carbocycles. The Balaban J connectivity index is 1.81. The molecule has 1 amide bonds. The molecule has 10 heteroatoms. The lowest BCUT2D eigenvalue weighted by molar-refractivity contribution is 0.00578. The van der Waals surface area contributed by atoms with Crippen molar-refractivity contribution in [2.24, 2.45) is 0 Å². The van der Waals surface area contributed by atoms with Crippen LogP contribution in [-0.2, 0) is 20.7 Å². The summed E-state index contributed by atoms with van der Waals surface area (Å²) in [5.74, 6) is -0.988. The first-order valence-corrected chi connectivity index (χ1v) is 10.5. The summed E-state index contributed by atoms with van der Waals surface area (Å²) in [5.41, 5.74) is 6.49. The van der Waals surface area contributed by atoms with Crippen molar-refractivity contribution in [1.29, 1.82) is 0 Å². The fourth-order valence-corrected chi connectivity index (χ4v) is 3.07. The molecule has 2 aromatic rings. The molecule has 3 rings (SSSR count). The average molecular weight is 453 g/mol. The average Bonchev–Trinajstić information content (AvgIpc) is 2.98. The van der Waals surface area contributed by atoms with Gasteiger partial charge in [-0.15, -0.1) is 0 Å². The van der Waals surface area contributed by atoms with E-state index in [1.165, 1.54) is 12.3 Å². The number of ether oxygens (including phenoxy) is 1. The highest BCUT2D eigenvalue weighted by Crippen LogP contribution is 2.38. The number of carbonyl (C=O) groups is 2. The largest absolute Gasteiger partial charge is 0.492 e. The molecular formula is C23H28BN3O6. The van der Waals surface area contributed by atoms with Gasteiger partial charge in [0, 0.05) is 18.3 Å². The van der Waals surface area contributed by atoms with E-state index in [-0.39, 0.29) is 24.5 Å². The van der Waals surface area contributed by atoms with E-state index in [9.17, 15) is 14.7 Å². The number of carbonyl (C=O) groups excluding carboxylic acids is 1. The van der Waals surface area contributed by atoms with Gasteiger partial charge in [0.1, 0.15) is 12.4 Å². The number of alkyl carbamates (subject to hydrolysis) is 1. The van der Waals surface area contributed by atoms with Gasteiger partial charge < -0.3 is 30.2 Å². The Hall–Kier alpha value is -3.37. The standard InChI is InChI=1S/C23H28BN3O6/c1-22(2)23(3,4)33-24(32-22)18(11-16-10-17(20(28)29)12-26-19(16)25)13-27-21(30)31-14-15-8-6-5-7-9-15/h5-12H,13-14H2,1-4H3,(H2,25,26)(H,27,30)(H,28,29). The van der Waals surface area contributed by atoms with Crippen LogP contribution in [0.5, 0.6) is 0 Å². The van der Waals surface area contributed by atoms with E-state index in [4.69, 9.17) is 19.8 Å². The van der Waals surface area contributed by atoms with Crippen LogP contribution in [0.4, 0.5) is 10.6 Å². The fraction of sp³-hybridized carbons (Fsp3) is 0.348. The van der Waals surface area contributed by atoms with Gasteiger partial charge in [0.2, 0.25) is 0 Å². The molecule has 0 spiro atoms. The van der Waals surface area contributed by atoms with E-state index in [0.717, 1.165) is 5.56 Å². The molecule has 4 N–H and O–H groups in total. The highest BCUT2D eigenvalue weighted by atomic mass is 16.7. The SMILES string of the molecule is CC1(C)OB(C(=Cc2cc(C(=O)O)cnc2N)CNC(=O)OCc2ccccc2)OC1(C)C. The smallest absolute Gasteiger partial charge is 0.478 e. The van der Waals surface area contributed by atoms with Crippen LogP contribution in [0.1, 0.15) is 49.2 Å². The van der Waals surface area contributed by atoms with Crippen LogP contribution in [0, 0.1) is 0 Å². The number of anilines is 1. The minimum Gasteiger partial charge on any atom is -0.478 e. The van der Waals surface area contributed by atoms with Gasteiger partial charge in [-0.25, -0.2) is 14.6 Å². The quantitative estimate of drug-likeness (QED) is 0.544. The van der Waals surface area contributed by atoms with Gasteiger partial charge in [-0.1, -0.05) is 36.4 Å². The molecule has 1 aromatic heterocycles. The molecule has 33 heavy (non-hydrogen) atoms. The maximum atomic E-state index is 12.3. The lowest BCUT2D eigenvalue weighted by atomic mass is 9.77. The van der Waals surface area contributed by atoms with E-state index in [1.807, 2.05) is 58.0 Å². The topological polar surface area (TPSA) is 133 Å². The third-order valence-corrected chi connectivity index (χ3v) is 5.74. The molecular weight excluding hydrogens is 425 g/mol. The van der Waals surface area contributed by atoms with Gasteiger partial charge >= 0.3 is 19.2 Å². The number of nitrogen functional groups attached to an aromatic ring is 1. The van der Waals surface area contributed by atoms with Gasteiger partial charge in [0.25, 0.3) is 0 Å². The molecule has 0 radical (unpaired) electrons. The molecule has 0 saturated carbocycles. The molecule has 0 unspecified atom stereocenters. The summed E-state index contributed by atoms with van der Waals surface area (Å²) in [5, 5.41) is 12.0. The summed E-state index contributed by atoms with van der Waals surface area (Å²) in [6, 6.07) is 10.7. The Morgan fingerprint density at radius 1 is 1.18 bits per heavy atom. The number of nitrogens with zero attached hydrogens (tertiary/aromatic N) is 1. The summed E-state index contributed by atoms with van der Waals surface area (Å²) in [6.45, 7) is 7.79. The molecule has 1 saturated heterocycles. The molecule has 1 fully saturated rings. The van der Waals surface area contributed by atoms with Crippen molar-refractivity contribution in [3.8, 4) is 0 Å². The number of amides is 1. The maximum Gasteiger partial charge on any atom is 0.492 e. The highest BCUT2D eigenvalue weighted by Gasteiger charge is 2.52. The number of hydrogen-bond donors (Lipinski definition) is 3. The Bertz CT molecular complexity index is 1040. The Morgan fingerprint density at radius 3 is 2.42 bits per heavy atom. The zero-order valence-corrected chi connectivity index (χ0v) is 19.1. The monoisotopic (exact) mass is 453 g/mol. The summed E-state index contributed by atoms with van der Waals surface area (Å²) in [6.07, 6.45) is 2.18. The number of aromatic carboxylic acids is 1. The summed E-state index contributed by atoms with van der Waals surface area (Å²) in [7, 11) is -0.794. The first kappa shape index (κ1) is 24.3. The van der Waals surface area contributed by atoms with E-state index < -0.39 is 30.4 Å². The first-order chi connectivity index (χ1) is 15.5. The summed E-state index contributed by atoms with van der Waals surface area (Å²) < 4.78 is 17.5. The number of nitrogens with two attached hydrogens (primary N) is 1. The Labute approximate surface area is 193 Å². The van der Waals surface area contributed by atoms with E-state index in [0.29, 0.717) is 11.0 Å². The molecule has 174 valence electrons. The highest BCUT2D eigenvalue weighted by molar-refractivity contribution is 6.56. The van der Waals surface area contributed by atoms with E-state index >= 15 is 0 Å². The Morgan fingerprint density at radius 2 is 1.82 bits per heavy atom. The number of aromatic nitrogens is 1. The normalized spacial score (nSPS) is 17.0. The number of carboxylic acids is 1. The molecule has 1 aliphatic heterocycles. The van der Waals surface area contributed by atoms with E-state index in [1.54, 1.807) is 6.08 Å². The predicted octanol–water partition coefficient (Wildman–Crippen LogP) is 3.30. The third kappa shape index (κ3) is 5.91. The number of hydrogen-bond acceptors (Lipinski definition) is 7. The van der Waals surface area contributed by atoms with Crippen molar-refractivity contribution in [1.82, 2.24) is 10.3 Å². The van der Waals surface area contributed by atoms with Crippen molar-refractivity contribution in [3.63, 3.8) is 0 Å². The molecule has 2 heterocycles. The zero-order valence-electron chi connectivity index (χ0n) is 19.1. The molecule has 0 bridgehead atoms. The molecule has 0 aliphatic carbocycles. The van der Waals surface area contributed by atoms with Crippen LogP contribution in [0.25, 0.3) is 6.08 Å². The molecule has 1 aliphatic rings. The van der Waals surface area contributed by atoms with Gasteiger partial charge in [0.15, 0.2) is 0 Å². The third-order valence-electron chi connectivity index (χ3n) is 5.74. The minimum absolute atomic E-state index is 0.0149. The second kappa shape index (κ2) is 9.64. The number of rotatable bonds is 7. The van der Waals surface area contributed by atoms with Crippen LogP contribution in [-0.4, -0.2) is 47.0 Å². The van der Waals surface area contributed by atoms with Crippen LogP contribution >= 0.6 is 0 Å². The zero-order chi connectivity index (χ0) is 24.2. The van der Waals surface area contributed by atoms with Gasteiger partial charge in [-0.05, 0) is 44.8 Å². The molecule has 0 atom stereocenters. The van der Waals surface area contributed by atoms with Crippen molar-refractivity contribution in [3.05, 3.63) is 64.8 Å². The van der Waals surface area contributed by atoms with Crippen molar-refractivity contribution in [2.45, 2.75) is 45.5 Å². The maximum absolute atomic E-state index is 12.3. The van der Waals surface area contributed by atoms with Gasteiger partial charge in [-0.2, -0.15) is 0 Å². The number of nitrogens with one attached hydrogen (secondary N) is 1. The second-order valence-electron chi connectivity index (χ2n) is 8.73. The number of benzene rings is 1. The number of carboxylic acid groups (broad SMARTS) is 1. The van der Waals surface area contributed by atoms with Gasteiger partial charge in [0.05, 0.1) is 16.8 Å². The second-order valence-corrected chi connectivity index (χ2v) is 8.73. The van der Waals surface area contributed by atoms with Gasteiger partial charge in [-0.3, -0.25) is 0 Å². The number of pyridine rings is 1. The lowest BCUT2D eigenvalue weighted by Crippen LogP contribution is -2.41. The summed E-state index contributed by atoms with van der Waals surface area (Å²) >= 11 is 0. The Kier molecular flexibility index (Phi) is 7.09. The van der Waals surface area contributed by atoms with Crippen LogP contribution < -0.4 is 11.1 Å². The molecule has 9 nitrogen and oxygen atoms in total. The van der Waals surface area contributed by atoms with Crippen molar-refractivity contribution < 1.29 is 28.7 Å². The summed E-state index contributed by atoms with van der Waals surface area (Å²) in [4.78, 5) is 27.6. The minimum atomic E-state index is -1.13. The lowest BCUT2D eigenvalue weighted by Gasteiger charge is -2.32. The van der Waals surface area contributed by atoms with Crippen molar-refractivity contribution >= 4 is 31.1 Å². The first-order valence-electron chi connectivity index (χ1n) is 10.5. The van der Waals surface area contributed by atoms with Crippen molar-refractivity contribution in [2.75, 3.05) is 12.3 Å².